The van der Waals surface area contributed by atoms with Crippen molar-refractivity contribution >= 4 is 17.3 Å². The molecule has 1 aliphatic heterocycles. The van der Waals surface area contributed by atoms with Gasteiger partial charge in [0.15, 0.2) is 5.65 Å². The van der Waals surface area contributed by atoms with E-state index in [1.165, 1.54) is 12.1 Å². The molecule has 2 unspecified atom stereocenters. The number of rotatable bonds is 3. The summed E-state index contributed by atoms with van der Waals surface area (Å²) < 4.78 is 35.5. The average molecular weight is 536 g/mol. The molecule has 6 rings (SSSR count). The highest BCUT2D eigenvalue weighted by atomic mass is 19.1. The molecule has 3 atom stereocenters. The SMILES string of the molecule is O=C(O[C@@H]1CCC(c2cc(F)cc(F)c2)C(O)c2cccnc21)N1CCC(n2c(=O)[nH]c3ncccc32)CC1. The molecule has 2 aliphatic rings. The van der Waals surface area contributed by atoms with E-state index >= 15 is 0 Å². The van der Waals surface area contributed by atoms with E-state index in [2.05, 4.69) is 15.0 Å². The number of aliphatic hydroxyl groups excluding tert-OH is 1. The fraction of sp³-hybridized carbons (Fsp3) is 0.357. The van der Waals surface area contributed by atoms with Gasteiger partial charge in [-0.25, -0.2) is 23.4 Å². The Labute approximate surface area is 222 Å². The predicted molar refractivity (Wildman–Crippen MR) is 137 cm³/mol. The van der Waals surface area contributed by atoms with E-state index in [-0.39, 0.29) is 11.7 Å². The number of pyridine rings is 2. The van der Waals surface area contributed by atoms with Crippen molar-refractivity contribution in [3.8, 4) is 0 Å². The lowest BCUT2D eigenvalue weighted by Gasteiger charge is -2.33. The van der Waals surface area contributed by atoms with Crippen molar-refractivity contribution in [1.82, 2.24) is 24.4 Å². The molecule has 0 saturated carbocycles. The van der Waals surface area contributed by atoms with Crippen LogP contribution in [-0.4, -0.2) is 48.7 Å². The van der Waals surface area contributed by atoms with Crippen molar-refractivity contribution in [2.75, 3.05) is 13.1 Å². The first-order valence-corrected chi connectivity index (χ1v) is 13.0. The van der Waals surface area contributed by atoms with Gasteiger partial charge < -0.3 is 14.7 Å². The Bertz CT molecular complexity index is 1560. The molecule has 4 heterocycles. The van der Waals surface area contributed by atoms with Gasteiger partial charge in [-0.15, -0.1) is 0 Å². The van der Waals surface area contributed by atoms with Crippen LogP contribution >= 0.6 is 0 Å². The summed E-state index contributed by atoms with van der Waals surface area (Å²) in [5, 5.41) is 11.2. The first kappa shape index (κ1) is 25.2. The molecule has 39 heavy (non-hydrogen) atoms. The number of amides is 1. The van der Waals surface area contributed by atoms with Crippen molar-refractivity contribution in [3.63, 3.8) is 0 Å². The lowest BCUT2D eigenvalue weighted by molar-refractivity contribution is 0.0471. The van der Waals surface area contributed by atoms with Crippen LogP contribution in [0.1, 0.15) is 66.7 Å². The number of nitrogens with one attached hydrogen (secondary N) is 1. The van der Waals surface area contributed by atoms with E-state index in [1.807, 2.05) is 6.07 Å². The Balaban J connectivity index is 1.17. The van der Waals surface area contributed by atoms with Gasteiger partial charge in [-0.3, -0.25) is 14.5 Å². The fourth-order valence-corrected chi connectivity index (χ4v) is 5.87. The van der Waals surface area contributed by atoms with Gasteiger partial charge in [0.25, 0.3) is 0 Å². The smallest absolute Gasteiger partial charge is 0.410 e. The second kappa shape index (κ2) is 10.2. The van der Waals surface area contributed by atoms with Gasteiger partial charge in [0.05, 0.1) is 17.3 Å². The highest BCUT2D eigenvalue weighted by molar-refractivity contribution is 5.70. The average Bonchev–Trinajstić information content (AvgIpc) is 3.20. The van der Waals surface area contributed by atoms with Crippen LogP contribution < -0.4 is 5.69 Å². The summed E-state index contributed by atoms with van der Waals surface area (Å²) in [5.74, 6) is -2.03. The molecule has 0 spiro atoms. The highest BCUT2D eigenvalue weighted by Crippen LogP contribution is 2.44. The number of carbonyl (C=O) groups is 1. The fourth-order valence-electron chi connectivity index (χ4n) is 5.87. The molecular weight excluding hydrogens is 508 g/mol. The number of aromatic amines is 1. The molecular formula is C28H27F2N5O4. The van der Waals surface area contributed by atoms with Gasteiger partial charge in [0.2, 0.25) is 0 Å². The number of fused-ring (bicyclic) bond motifs is 2. The first-order chi connectivity index (χ1) is 18.9. The van der Waals surface area contributed by atoms with Gasteiger partial charge in [-0.1, -0.05) is 6.07 Å². The molecule has 2 N–H and O–H groups in total. The van der Waals surface area contributed by atoms with E-state index < -0.39 is 35.9 Å². The molecule has 4 aromatic rings. The Kier molecular flexibility index (Phi) is 6.59. The number of hydrogen-bond donors (Lipinski definition) is 2. The summed E-state index contributed by atoms with van der Waals surface area (Å²) in [6.45, 7) is 0.803. The molecule has 1 aromatic carbocycles. The Morgan fingerprint density at radius 1 is 1.00 bits per heavy atom. The van der Waals surface area contributed by atoms with Gasteiger partial charge in [0.1, 0.15) is 17.7 Å². The zero-order valence-corrected chi connectivity index (χ0v) is 21.0. The maximum Gasteiger partial charge on any atom is 0.410 e. The van der Waals surface area contributed by atoms with Crippen LogP contribution in [0.2, 0.25) is 0 Å². The zero-order valence-electron chi connectivity index (χ0n) is 21.0. The topological polar surface area (TPSA) is 113 Å². The number of piperidine rings is 1. The van der Waals surface area contributed by atoms with Gasteiger partial charge in [0, 0.05) is 49.1 Å². The van der Waals surface area contributed by atoms with Crippen molar-refractivity contribution in [2.24, 2.45) is 0 Å². The third kappa shape index (κ3) is 4.78. The molecule has 0 radical (unpaired) electrons. The number of aromatic nitrogens is 4. The third-order valence-electron chi connectivity index (χ3n) is 7.75. The quantitative estimate of drug-likeness (QED) is 0.373. The number of halogens is 2. The van der Waals surface area contributed by atoms with E-state index in [9.17, 15) is 23.5 Å². The van der Waals surface area contributed by atoms with Crippen LogP contribution in [0.3, 0.4) is 0 Å². The number of aliphatic hydroxyl groups is 1. The second-order valence-corrected chi connectivity index (χ2v) is 10.1. The Morgan fingerprint density at radius 2 is 1.72 bits per heavy atom. The lowest BCUT2D eigenvalue weighted by atomic mass is 9.87. The lowest BCUT2D eigenvalue weighted by Crippen LogP contribution is -2.41. The molecule has 0 bridgehead atoms. The monoisotopic (exact) mass is 535 g/mol. The number of ether oxygens (including phenoxy) is 1. The van der Waals surface area contributed by atoms with E-state index in [4.69, 9.17) is 4.74 Å². The minimum Gasteiger partial charge on any atom is -0.440 e. The van der Waals surface area contributed by atoms with Crippen molar-refractivity contribution in [2.45, 2.75) is 49.9 Å². The number of imidazole rings is 1. The van der Waals surface area contributed by atoms with Crippen LogP contribution in [0.15, 0.2) is 59.7 Å². The largest absolute Gasteiger partial charge is 0.440 e. The number of benzene rings is 1. The summed E-state index contributed by atoms with van der Waals surface area (Å²) in [5.41, 5.74) is 2.28. The van der Waals surface area contributed by atoms with E-state index in [0.717, 1.165) is 11.6 Å². The summed E-state index contributed by atoms with van der Waals surface area (Å²) in [4.78, 5) is 38.8. The van der Waals surface area contributed by atoms with Gasteiger partial charge >= 0.3 is 11.8 Å². The number of likely N-dealkylation sites (tertiary alicyclic amines) is 1. The van der Waals surface area contributed by atoms with Crippen LogP contribution in [0.5, 0.6) is 0 Å². The number of H-pyrrole nitrogens is 1. The molecule has 11 heteroatoms. The molecule has 3 aromatic heterocycles. The maximum absolute atomic E-state index is 13.9. The number of carbonyl (C=O) groups excluding carboxylic acids is 1. The summed E-state index contributed by atoms with van der Waals surface area (Å²) in [6.07, 6.45) is 2.68. The standard InChI is InChI=1S/C28H27F2N5O4/c29-17-13-16(14-18(30)15-17)20-5-6-23(24-21(25(20)36)3-1-9-31-24)39-28(38)34-11-7-19(8-12-34)35-22-4-2-10-32-26(22)33-27(35)37/h1-4,9-10,13-15,19-20,23,25,36H,5-8,11-12H2,(H,32,33,37)/t20?,23-,25?/m1/s1. The summed E-state index contributed by atoms with van der Waals surface area (Å²) in [7, 11) is 0. The molecule has 1 amide bonds. The minimum atomic E-state index is -1.07. The third-order valence-corrected chi connectivity index (χ3v) is 7.75. The second-order valence-electron chi connectivity index (χ2n) is 10.1. The molecule has 202 valence electrons. The van der Waals surface area contributed by atoms with Crippen molar-refractivity contribution in [3.05, 3.63) is 93.8 Å². The molecule has 1 aliphatic carbocycles. The maximum atomic E-state index is 13.9. The van der Waals surface area contributed by atoms with Crippen molar-refractivity contribution in [1.29, 1.82) is 0 Å². The number of nitrogens with zero attached hydrogens (tertiary/aromatic N) is 4. The Morgan fingerprint density at radius 3 is 2.49 bits per heavy atom. The van der Waals surface area contributed by atoms with Crippen LogP contribution in [0.4, 0.5) is 13.6 Å². The normalized spacial score (nSPS) is 21.9. The van der Waals surface area contributed by atoms with E-state index in [0.29, 0.717) is 61.2 Å². The van der Waals surface area contributed by atoms with Gasteiger partial charge in [-0.05, 0) is 61.6 Å². The molecule has 1 fully saturated rings. The van der Waals surface area contributed by atoms with Crippen LogP contribution in [0, 0.1) is 11.6 Å². The first-order valence-electron chi connectivity index (χ1n) is 13.0. The minimum absolute atomic E-state index is 0.0812. The summed E-state index contributed by atoms with van der Waals surface area (Å²) in [6, 6.07) is 10.1. The summed E-state index contributed by atoms with van der Waals surface area (Å²) >= 11 is 0. The Hall–Kier alpha value is -4.12. The van der Waals surface area contributed by atoms with E-state index in [1.54, 1.807) is 40.1 Å². The molecule has 1 saturated heterocycles. The van der Waals surface area contributed by atoms with Crippen molar-refractivity contribution < 1.29 is 23.4 Å². The predicted octanol–water partition coefficient (Wildman–Crippen LogP) is 4.52. The van der Waals surface area contributed by atoms with Gasteiger partial charge in [-0.2, -0.15) is 0 Å². The van der Waals surface area contributed by atoms with Crippen LogP contribution in [-0.2, 0) is 4.74 Å². The number of hydrogen-bond acceptors (Lipinski definition) is 6. The highest BCUT2D eigenvalue weighted by Gasteiger charge is 2.36. The molecule has 9 nitrogen and oxygen atoms in total. The van der Waals surface area contributed by atoms with Crippen LogP contribution in [0.25, 0.3) is 11.2 Å². The zero-order chi connectivity index (χ0) is 27.1.